The molecule has 0 heterocycles. The highest BCUT2D eigenvalue weighted by molar-refractivity contribution is 5.23. The Morgan fingerprint density at radius 2 is 1.50 bits per heavy atom. The minimum atomic E-state index is 0.960. The topological polar surface area (TPSA) is 0 Å². The van der Waals surface area contributed by atoms with Gasteiger partial charge in [0.1, 0.15) is 0 Å². The summed E-state index contributed by atoms with van der Waals surface area (Å²) in [6, 6.07) is 0. The average Bonchev–Trinajstić information content (AvgIpc) is 2.05. The molecule has 0 aromatic rings. The Balaban J connectivity index is 1.80. The Kier molecular flexibility index (Phi) is 0.618. The molecule has 0 aliphatic heterocycles. The molecule has 1 spiro atoms. The molecule has 12 heavy (non-hydrogen) atoms. The van der Waals surface area contributed by atoms with Crippen LogP contribution in [0, 0.1) is 40.9 Å². The molecule has 4 bridgehead atoms. The minimum absolute atomic E-state index is 0.960. The molecule has 0 amide bonds. The monoisotopic (exact) mass is 160 g/mol. The third-order valence-corrected chi connectivity index (χ3v) is 6.61. The van der Waals surface area contributed by atoms with Gasteiger partial charge in [-0.3, -0.25) is 0 Å². The summed E-state index contributed by atoms with van der Waals surface area (Å²) in [6.45, 7) is 0. The van der Waals surface area contributed by atoms with Crippen LogP contribution in [0.2, 0.25) is 0 Å². The predicted molar refractivity (Wildman–Crippen MR) is 46.5 cm³/mol. The van der Waals surface area contributed by atoms with Crippen molar-refractivity contribution in [2.24, 2.45) is 40.9 Å². The van der Waals surface area contributed by atoms with Gasteiger partial charge in [0.25, 0.3) is 0 Å². The molecular weight excluding hydrogens is 144 g/mol. The van der Waals surface area contributed by atoms with E-state index in [0.717, 1.165) is 5.41 Å². The zero-order valence-electron chi connectivity index (χ0n) is 7.50. The highest BCUT2D eigenvalue weighted by Crippen LogP contribution is 2.82. The Labute approximate surface area is 73.7 Å². The highest BCUT2D eigenvalue weighted by atomic mass is 14.8. The second-order valence-corrected chi connectivity index (χ2v) is 6.47. The van der Waals surface area contributed by atoms with E-state index in [1.54, 1.807) is 32.1 Å². The van der Waals surface area contributed by atoms with Gasteiger partial charge in [-0.2, -0.15) is 0 Å². The van der Waals surface area contributed by atoms with Crippen LogP contribution < -0.4 is 0 Å². The van der Waals surface area contributed by atoms with Crippen LogP contribution in [-0.2, 0) is 0 Å². The molecule has 5 aliphatic carbocycles. The van der Waals surface area contributed by atoms with Gasteiger partial charge in [-0.25, -0.2) is 0 Å². The summed E-state index contributed by atoms with van der Waals surface area (Å²) >= 11 is 0. The number of hydrogen-bond acceptors (Lipinski definition) is 0. The molecule has 5 saturated carbocycles. The normalized spacial score (nSPS) is 80.0. The lowest BCUT2D eigenvalue weighted by Crippen LogP contribution is -2.58. The van der Waals surface area contributed by atoms with Crippen LogP contribution in [0.5, 0.6) is 0 Å². The van der Waals surface area contributed by atoms with Crippen LogP contribution >= 0.6 is 0 Å². The molecule has 0 aromatic carbocycles. The van der Waals surface area contributed by atoms with Gasteiger partial charge in [-0.1, -0.05) is 0 Å². The maximum absolute atomic E-state index is 1.68. The Morgan fingerprint density at radius 3 is 2.33 bits per heavy atom. The van der Waals surface area contributed by atoms with Crippen molar-refractivity contribution in [2.75, 3.05) is 0 Å². The second kappa shape index (κ2) is 1.31. The SMILES string of the molecule is C1C2CC34CC5C1C(CC23)C5C4. The molecule has 7 atom stereocenters. The first-order chi connectivity index (χ1) is 5.87. The summed E-state index contributed by atoms with van der Waals surface area (Å²) in [5.74, 6) is 7.43. The predicted octanol–water partition coefficient (Wildman–Crippen LogP) is 2.69. The fourth-order valence-corrected chi connectivity index (χ4v) is 6.41. The molecule has 0 N–H and O–H groups in total. The van der Waals surface area contributed by atoms with Crippen molar-refractivity contribution in [3.63, 3.8) is 0 Å². The maximum atomic E-state index is 1.68. The van der Waals surface area contributed by atoms with Crippen molar-refractivity contribution in [1.29, 1.82) is 0 Å². The molecule has 5 rings (SSSR count). The standard InChI is InChI=1S/C12H16/c1-6-3-12-4-9-7(1)8(2-11(6)12)10(9)5-12/h6-11H,1-5H2. The van der Waals surface area contributed by atoms with Gasteiger partial charge in [0.15, 0.2) is 0 Å². The van der Waals surface area contributed by atoms with E-state index >= 15 is 0 Å². The summed E-state index contributed by atoms with van der Waals surface area (Å²) in [4.78, 5) is 0. The average molecular weight is 160 g/mol. The second-order valence-electron chi connectivity index (χ2n) is 6.47. The molecule has 5 fully saturated rings. The molecule has 7 unspecified atom stereocenters. The summed E-state index contributed by atoms with van der Waals surface area (Å²) in [5.41, 5.74) is 0.960. The van der Waals surface area contributed by atoms with E-state index in [1.165, 1.54) is 35.5 Å². The highest BCUT2D eigenvalue weighted by Gasteiger charge is 2.74. The largest absolute Gasteiger partial charge is 0.0467 e. The van der Waals surface area contributed by atoms with E-state index in [-0.39, 0.29) is 0 Å². The summed E-state index contributed by atoms with van der Waals surface area (Å²) in [5, 5.41) is 0. The van der Waals surface area contributed by atoms with Crippen LogP contribution in [0.1, 0.15) is 32.1 Å². The van der Waals surface area contributed by atoms with Crippen LogP contribution in [0.4, 0.5) is 0 Å². The summed E-state index contributed by atoms with van der Waals surface area (Å²) in [7, 11) is 0. The Hall–Kier alpha value is 0. The lowest BCUT2D eigenvalue weighted by atomic mass is 9.39. The Morgan fingerprint density at radius 1 is 0.750 bits per heavy atom. The first-order valence-corrected chi connectivity index (χ1v) is 5.87. The van der Waals surface area contributed by atoms with Crippen LogP contribution in [0.15, 0.2) is 0 Å². The van der Waals surface area contributed by atoms with Crippen LogP contribution in [0.3, 0.4) is 0 Å². The van der Waals surface area contributed by atoms with Crippen molar-refractivity contribution >= 4 is 0 Å². The van der Waals surface area contributed by atoms with Gasteiger partial charge >= 0.3 is 0 Å². The van der Waals surface area contributed by atoms with Gasteiger partial charge in [0.05, 0.1) is 0 Å². The lowest BCUT2D eigenvalue weighted by Gasteiger charge is -2.65. The van der Waals surface area contributed by atoms with Gasteiger partial charge in [0.2, 0.25) is 0 Å². The van der Waals surface area contributed by atoms with Crippen LogP contribution in [0.25, 0.3) is 0 Å². The Bertz CT molecular complexity index is 276. The molecule has 0 radical (unpaired) electrons. The molecule has 0 aromatic heterocycles. The third-order valence-electron chi connectivity index (χ3n) is 6.61. The van der Waals surface area contributed by atoms with Crippen molar-refractivity contribution in [3.05, 3.63) is 0 Å². The smallest absolute Gasteiger partial charge is 0.0258 e. The van der Waals surface area contributed by atoms with Gasteiger partial charge < -0.3 is 0 Å². The maximum Gasteiger partial charge on any atom is -0.0258 e. The zero-order valence-corrected chi connectivity index (χ0v) is 7.50. The number of hydrogen-bond donors (Lipinski definition) is 0. The first kappa shape index (κ1) is 5.67. The van der Waals surface area contributed by atoms with E-state index in [4.69, 9.17) is 0 Å². The molecule has 0 nitrogen and oxygen atoms in total. The number of fused-ring (bicyclic) bond motifs is 1. The first-order valence-electron chi connectivity index (χ1n) is 5.87. The van der Waals surface area contributed by atoms with Crippen molar-refractivity contribution in [2.45, 2.75) is 32.1 Å². The van der Waals surface area contributed by atoms with E-state index in [2.05, 4.69) is 0 Å². The van der Waals surface area contributed by atoms with Gasteiger partial charge in [-0.15, -0.1) is 0 Å². The zero-order chi connectivity index (χ0) is 7.50. The minimum Gasteiger partial charge on any atom is -0.0467 e. The number of rotatable bonds is 0. The summed E-state index contributed by atoms with van der Waals surface area (Å²) in [6.07, 6.45) is 8.36. The van der Waals surface area contributed by atoms with Crippen LogP contribution in [-0.4, -0.2) is 0 Å². The fourth-order valence-electron chi connectivity index (χ4n) is 6.41. The van der Waals surface area contributed by atoms with E-state index in [9.17, 15) is 0 Å². The molecule has 5 aliphatic rings. The van der Waals surface area contributed by atoms with E-state index in [1.807, 2.05) is 0 Å². The van der Waals surface area contributed by atoms with E-state index < -0.39 is 0 Å². The van der Waals surface area contributed by atoms with Crippen molar-refractivity contribution in [3.8, 4) is 0 Å². The molecular formula is C12H16. The fraction of sp³-hybridized carbons (Fsp3) is 1.00. The quantitative estimate of drug-likeness (QED) is 0.511. The van der Waals surface area contributed by atoms with Crippen molar-refractivity contribution in [1.82, 2.24) is 0 Å². The van der Waals surface area contributed by atoms with Gasteiger partial charge in [-0.05, 0) is 73.0 Å². The van der Waals surface area contributed by atoms with Gasteiger partial charge in [0, 0.05) is 0 Å². The molecule has 0 saturated heterocycles. The third kappa shape index (κ3) is 0.337. The molecule has 0 heteroatoms. The van der Waals surface area contributed by atoms with E-state index in [0.29, 0.717) is 0 Å². The molecule has 64 valence electrons. The summed E-state index contributed by atoms with van der Waals surface area (Å²) < 4.78 is 0. The lowest BCUT2D eigenvalue weighted by molar-refractivity contribution is -0.164. The van der Waals surface area contributed by atoms with Crippen molar-refractivity contribution < 1.29 is 0 Å².